The molecule has 2 rings (SSSR count). The van der Waals surface area contributed by atoms with Crippen LogP contribution in [-0.2, 0) is 6.61 Å². The van der Waals surface area contributed by atoms with E-state index < -0.39 is 0 Å². The summed E-state index contributed by atoms with van der Waals surface area (Å²) >= 11 is 0. The molecule has 0 spiro atoms. The van der Waals surface area contributed by atoms with Crippen molar-refractivity contribution in [3.63, 3.8) is 0 Å². The van der Waals surface area contributed by atoms with E-state index >= 15 is 0 Å². The summed E-state index contributed by atoms with van der Waals surface area (Å²) in [6.07, 6.45) is 2.59. The smallest absolute Gasteiger partial charge is 0.166 e. The van der Waals surface area contributed by atoms with Crippen molar-refractivity contribution >= 4 is 0 Å². The van der Waals surface area contributed by atoms with Crippen molar-refractivity contribution in [1.82, 2.24) is 0 Å². The summed E-state index contributed by atoms with van der Waals surface area (Å²) in [6, 6.07) is 7.71. The molecule has 4 nitrogen and oxygen atoms in total. The minimum Gasteiger partial charge on any atom is -0.490 e. The zero-order chi connectivity index (χ0) is 13.7. The van der Waals surface area contributed by atoms with Crippen molar-refractivity contribution in [2.24, 2.45) is 5.41 Å². The van der Waals surface area contributed by atoms with Gasteiger partial charge < -0.3 is 14.6 Å². The van der Waals surface area contributed by atoms with E-state index in [4.69, 9.17) is 14.7 Å². The van der Waals surface area contributed by atoms with Gasteiger partial charge in [0.05, 0.1) is 25.9 Å². The molecule has 1 aromatic carbocycles. The third kappa shape index (κ3) is 3.18. The van der Waals surface area contributed by atoms with E-state index in [0.29, 0.717) is 31.1 Å². The summed E-state index contributed by atoms with van der Waals surface area (Å²) in [5, 5.41) is 18.2. The molecule has 0 saturated heterocycles. The Hall–Kier alpha value is -1.73. The SMILES string of the molecule is CCOc1cccc(CO)c1OCC1(CC#N)CC1. The number of hydrogen-bond donors (Lipinski definition) is 1. The highest BCUT2D eigenvalue weighted by atomic mass is 16.5. The quantitative estimate of drug-likeness (QED) is 0.819. The Morgan fingerprint density at radius 2 is 2.16 bits per heavy atom. The first-order valence-electron chi connectivity index (χ1n) is 6.60. The highest BCUT2D eigenvalue weighted by Gasteiger charge is 2.43. The highest BCUT2D eigenvalue weighted by Crippen LogP contribution is 2.49. The lowest BCUT2D eigenvalue weighted by Gasteiger charge is -2.18. The molecule has 1 fully saturated rings. The molecule has 0 heterocycles. The molecule has 0 aromatic heterocycles. The number of aliphatic hydroxyl groups is 1. The van der Waals surface area contributed by atoms with Gasteiger partial charge in [-0.3, -0.25) is 0 Å². The van der Waals surface area contributed by atoms with Crippen LogP contribution < -0.4 is 9.47 Å². The van der Waals surface area contributed by atoms with Crippen LogP contribution in [0, 0.1) is 16.7 Å². The van der Waals surface area contributed by atoms with Gasteiger partial charge in [-0.2, -0.15) is 5.26 Å². The molecule has 0 amide bonds. The highest BCUT2D eigenvalue weighted by molar-refractivity contribution is 5.46. The van der Waals surface area contributed by atoms with E-state index in [1.54, 1.807) is 0 Å². The number of nitriles is 1. The predicted molar refractivity (Wildman–Crippen MR) is 70.9 cm³/mol. The molecule has 19 heavy (non-hydrogen) atoms. The molecule has 0 radical (unpaired) electrons. The van der Waals surface area contributed by atoms with Crippen molar-refractivity contribution in [3.8, 4) is 17.6 Å². The molecule has 1 saturated carbocycles. The van der Waals surface area contributed by atoms with Crippen molar-refractivity contribution in [1.29, 1.82) is 5.26 Å². The normalized spacial score (nSPS) is 15.6. The zero-order valence-corrected chi connectivity index (χ0v) is 11.2. The molecule has 1 aliphatic carbocycles. The predicted octanol–water partition coefficient (Wildman–Crippen LogP) is 2.65. The van der Waals surface area contributed by atoms with Crippen LogP contribution in [0.1, 0.15) is 31.7 Å². The first kappa shape index (κ1) is 13.7. The van der Waals surface area contributed by atoms with Gasteiger partial charge in [0.15, 0.2) is 11.5 Å². The molecule has 0 aliphatic heterocycles. The number of benzene rings is 1. The summed E-state index contributed by atoms with van der Waals surface area (Å²) < 4.78 is 11.4. The lowest BCUT2D eigenvalue weighted by Crippen LogP contribution is -2.14. The Labute approximate surface area is 113 Å². The van der Waals surface area contributed by atoms with Crippen molar-refractivity contribution in [2.75, 3.05) is 13.2 Å². The first-order valence-corrected chi connectivity index (χ1v) is 6.60. The van der Waals surface area contributed by atoms with E-state index in [9.17, 15) is 5.11 Å². The number of nitrogens with zero attached hydrogens (tertiary/aromatic N) is 1. The van der Waals surface area contributed by atoms with E-state index in [1.165, 1.54) is 0 Å². The second kappa shape index (κ2) is 5.94. The van der Waals surface area contributed by atoms with Gasteiger partial charge >= 0.3 is 0 Å². The third-order valence-electron chi connectivity index (χ3n) is 3.46. The van der Waals surface area contributed by atoms with E-state index in [-0.39, 0.29) is 12.0 Å². The van der Waals surface area contributed by atoms with Gasteiger partial charge in [-0.15, -0.1) is 0 Å². The number of ether oxygens (including phenoxy) is 2. The van der Waals surface area contributed by atoms with Gasteiger partial charge in [-0.05, 0) is 25.8 Å². The Balaban J connectivity index is 2.12. The molecule has 0 bridgehead atoms. The summed E-state index contributed by atoms with van der Waals surface area (Å²) in [4.78, 5) is 0. The van der Waals surface area contributed by atoms with Crippen molar-refractivity contribution in [3.05, 3.63) is 23.8 Å². The molecule has 0 atom stereocenters. The second-order valence-corrected chi connectivity index (χ2v) is 4.96. The maximum atomic E-state index is 9.37. The van der Waals surface area contributed by atoms with Crippen LogP contribution in [0.4, 0.5) is 0 Å². The summed E-state index contributed by atoms with van der Waals surface area (Å²) in [6.45, 7) is 2.89. The minimum atomic E-state index is -0.0818. The maximum Gasteiger partial charge on any atom is 0.166 e. The van der Waals surface area contributed by atoms with Crippen LogP contribution >= 0.6 is 0 Å². The average Bonchev–Trinajstić information content (AvgIpc) is 3.18. The standard InChI is InChI=1S/C15H19NO3/c1-2-18-13-5-3-4-12(10-17)14(13)19-11-15(6-7-15)8-9-16/h3-5,17H,2,6-8,10-11H2,1H3. The van der Waals surface area contributed by atoms with Crippen LogP contribution in [-0.4, -0.2) is 18.3 Å². The van der Waals surface area contributed by atoms with E-state index in [1.807, 2.05) is 25.1 Å². The van der Waals surface area contributed by atoms with E-state index in [2.05, 4.69) is 6.07 Å². The summed E-state index contributed by atoms with van der Waals surface area (Å²) in [7, 11) is 0. The average molecular weight is 261 g/mol. The minimum absolute atomic E-state index is 0.0147. The Kier molecular flexibility index (Phi) is 4.28. The molecule has 102 valence electrons. The van der Waals surface area contributed by atoms with Crippen molar-refractivity contribution in [2.45, 2.75) is 32.8 Å². The van der Waals surface area contributed by atoms with E-state index in [0.717, 1.165) is 18.4 Å². The molecule has 0 unspecified atom stereocenters. The fourth-order valence-electron chi connectivity index (χ4n) is 2.06. The van der Waals surface area contributed by atoms with Crippen molar-refractivity contribution < 1.29 is 14.6 Å². The first-order chi connectivity index (χ1) is 9.24. The fourth-order valence-corrected chi connectivity index (χ4v) is 2.06. The molecule has 1 aliphatic rings. The summed E-state index contributed by atoms with van der Waals surface area (Å²) in [5.74, 6) is 1.26. The van der Waals surface area contributed by atoms with Crippen LogP contribution in [0.15, 0.2) is 18.2 Å². The molecule has 1 N–H and O–H groups in total. The van der Waals surface area contributed by atoms with Gasteiger partial charge in [0.2, 0.25) is 0 Å². The summed E-state index contributed by atoms with van der Waals surface area (Å²) in [5.41, 5.74) is 0.736. The number of hydrogen-bond acceptors (Lipinski definition) is 4. The Morgan fingerprint density at radius 1 is 1.37 bits per heavy atom. The third-order valence-corrected chi connectivity index (χ3v) is 3.46. The topological polar surface area (TPSA) is 62.5 Å². The maximum absolute atomic E-state index is 9.37. The van der Waals surface area contributed by atoms with Crippen LogP contribution in [0.2, 0.25) is 0 Å². The number of aliphatic hydroxyl groups excluding tert-OH is 1. The molecular weight excluding hydrogens is 242 g/mol. The Morgan fingerprint density at radius 3 is 2.74 bits per heavy atom. The van der Waals surface area contributed by atoms with Crippen LogP contribution in [0.5, 0.6) is 11.5 Å². The van der Waals surface area contributed by atoms with Crippen LogP contribution in [0.3, 0.4) is 0 Å². The van der Waals surface area contributed by atoms with Crippen LogP contribution in [0.25, 0.3) is 0 Å². The Bertz CT molecular complexity index is 475. The van der Waals surface area contributed by atoms with Gasteiger partial charge in [-0.25, -0.2) is 0 Å². The second-order valence-electron chi connectivity index (χ2n) is 4.96. The molecule has 1 aromatic rings. The monoisotopic (exact) mass is 261 g/mol. The van der Waals surface area contributed by atoms with Gasteiger partial charge in [0.25, 0.3) is 0 Å². The largest absolute Gasteiger partial charge is 0.490 e. The zero-order valence-electron chi connectivity index (χ0n) is 11.2. The van der Waals surface area contributed by atoms with Gasteiger partial charge in [0, 0.05) is 17.4 Å². The molecular formula is C15H19NO3. The lowest BCUT2D eigenvalue weighted by molar-refractivity contribution is 0.210. The lowest BCUT2D eigenvalue weighted by atomic mass is 10.1. The molecule has 4 heteroatoms. The van der Waals surface area contributed by atoms with Gasteiger partial charge in [-0.1, -0.05) is 12.1 Å². The number of rotatable bonds is 7. The van der Waals surface area contributed by atoms with Gasteiger partial charge in [0.1, 0.15) is 0 Å². The fraction of sp³-hybridized carbons (Fsp3) is 0.533. The number of para-hydroxylation sites is 1.